The van der Waals surface area contributed by atoms with E-state index < -0.39 is 0 Å². The Kier molecular flexibility index (Phi) is 4.06. The number of rotatable bonds is 6. The van der Waals surface area contributed by atoms with E-state index in [-0.39, 0.29) is 18.1 Å². The Hall–Kier alpha value is -1.35. The Labute approximate surface area is 121 Å². The maximum atomic E-state index is 12.6. The average molecular weight is 272 g/mol. The van der Waals surface area contributed by atoms with Crippen molar-refractivity contribution >= 4 is 5.91 Å². The van der Waals surface area contributed by atoms with E-state index in [2.05, 4.69) is 17.1 Å². The first-order valence-electron chi connectivity index (χ1n) is 7.91. The minimum atomic E-state index is -0.151. The van der Waals surface area contributed by atoms with Gasteiger partial charge in [0.1, 0.15) is 6.04 Å². The van der Waals surface area contributed by atoms with E-state index >= 15 is 0 Å². The lowest BCUT2D eigenvalue weighted by Crippen LogP contribution is -2.37. The van der Waals surface area contributed by atoms with Gasteiger partial charge in [-0.05, 0) is 30.7 Å². The first kappa shape index (κ1) is 13.6. The summed E-state index contributed by atoms with van der Waals surface area (Å²) in [4.78, 5) is 14.7. The third kappa shape index (κ3) is 2.88. The normalized spacial score (nSPS) is 26.2. The van der Waals surface area contributed by atoms with E-state index in [0.717, 1.165) is 30.9 Å². The molecule has 2 atom stereocenters. The van der Waals surface area contributed by atoms with E-state index in [1.807, 2.05) is 30.3 Å². The van der Waals surface area contributed by atoms with Gasteiger partial charge in [-0.25, -0.2) is 0 Å². The van der Waals surface area contributed by atoms with Crippen LogP contribution in [0.1, 0.15) is 50.6 Å². The largest absolute Gasteiger partial charge is 0.325 e. The molecule has 1 aromatic carbocycles. The van der Waals surface area contributed by atoms with E-state index in [0.29, 0.717) is 0 Å². The van der Waals surface area contributed by atoms with E-state index in [1.54, 1.807) is 0 Å². The van der Waals surface area contributed by atoms with Crippen molar-refractivity contribution in [1.82, 2.24) is 10.2 Å². The second-order valence-corrected chi connectivity index (χ2v) is 6.05. The Balaban J connectivity index is 1.64. The average Bonchev–Trinajstić information content (AvgIpc) is 3.25. The predicted molar refractivity (Wildman–Crippen MR) is 80.1 cm³/mol. The zero-order chi connectivity index (χ0) is 13.9. The molecule has 1 saturated heterocycles. The van der Waals surface area contributed by atoms with Gasteiger partial charge in [-0.3, -0.25) is 10.1 Å². The number of nitrogens with one attached hydrogen (secondary N) is 1. The fourth-order valence-electron chi connectivity index (χ4n) is 3.12. The third-order valence-electron chi connectivity index (χ3n) is 4.49. The van der Waals surface area contributed by atoms with Crippen LogP contribution in [0.3, 0.4) is 0 Å². The molecule has 2 unspecified atom stereocenters. The predicted octanol–water partition coefficient (Wildman–Crippen LogP) is 3.09. The van der Waals surface area contributed by atoms with Crippen molar-refractivity contribution in [2.24, 2.45) is 5.92 Å². The number of carbonyl (C=O) groups excluding carboxylic acids is 1. The number of nitrogens with zero attached hydrogens (tertiary/aromatic N) is 1. The second-order valence-electron chi connectivity index (χ2n) is 6.05. The molecular weight excluding hydrogens is 248 g/mol. The molecule has 0 radical (unpaired) electrons. The molecule has 1 amide bonds. The molecule has 1 N–H and O–H groups in total. The van der Waals surface area contributed by atoms with Crippen LogP contribution < -0.4 is 5.32 Å². The molecule has 1 aliphatic carbocycles. The van der Waals surface area contributed by atoms with Crippen LogP contribution in [0.2, 0.25) is 0 Å². The third-order valence-corrected chi connectivity index (χ3v) is 4.49. The molecule has 1 heterocycles. The smallest absolute Gasteiger partial charge is 0.245 e. The lowest BCUT2D eigenvalue weighted by molar-refractivity contribution is -0.130. The van der Waals surface area contributed by atoms with Crippen molar-refractivity contribution in [2.75, 3.05) is 6.54 Å². The Morgan fingerprint density at radius 3 is 2.65 bits per heavy atom. The minimum absolute atomic E-state index is 0.151. The van der Waals surface area contributed by atoms with Crippen LogP contribution in [0, 0.1) is 5.92 Å². The van der Waals surface area contributed by atoms with Crippen molar-refractivity contribution in [3.63, 3.8) is 0 Å². The van der Waals surface area contributed by atoms with Crippen molar-refractivity contribution in [2.45, 2.75) is 51.2 Å². The quantitative estimate of drug-likeness (QED) is 0.863. The molecule has 0 spiro atoms. The fraction of sp³-hybridized carbons (Fsp3) is 0.588. The minimum Gasteiger partial charge on any atom is -0.325 e. The summed E-state index contributed by atoms with van der Waals surface area (Å²) in [5, 5.41) is 3.49. The summed E-state index contributed by atoms with van der Waals surface area (Å²) < 4.78 is 0. The molecular formula is C17H24N2O. The summed E-state index contributed by atoms with van der Waals surface area (Å²) in [6, 6.07) is 9.92. The molecule has 1 saturated carbocycles. The standard InChI is InChI=1S/C17H24N2O/c1-2-15-18-16(14-8-4-3-5-9-14)17(20)19(15)12-6-7-13-10-11-13/h3-5,8-9,13,15-16,18H,2,6-7,10-12H2,1H3. The first-order chi connectivity index (χ1) is 9.79. The molecule has 0 aromatic heterocycles. The molecule has 108 valence electrons. The fourth-order valence-corrected chi connectivity index (χ4v) is 3.12. The summed E-state index contributed by atoms with van der Waals surface area (Å²) in [5.41, 5.74) is 1.08. The Bertz CT molecular complexity index is 455. The zero-order valence-electron chi connectivity index (χ0n) is 12.2. The summed E-state index contributed by atoms with van der Waals surface area (Å²) >= 11 is 0. The number of benzene rings is 1. The van der Waals surface area contributed by atoms with E-state index in [1.165, 1.54) is 19.3 Å². The lowest BCUT2D eigenvalue weighted by atomic mass is 10.1. The van der Waals surface area contributed by atoms with Gasteiger partial charge in [0, 0.05) is 6.54 Å². The number of carbonyl (C=O) groups is 1. The summed E-state index contributed by atoms with van der Waals surface area (Å²) in [6.07, 6.45) is 6.41. The molecule has 3 nitrogen and oxygen atoms in total. The summed E-state index contributed by atoms with van der Waals surface area (Å²) in [7, 11) is 0. The van der Waals surface area contributed by atoms with E-state index in [9.17, 15) is 4.79 Å². The summed E-state index contributed by atoms with van der Waals surface area (Å²) in [6.45, 7) is 3.05. The van der Waals surface area contributed by atoms with Crippen molar-refractivity contribution < 1.29 is 4.79 Å². The SMILES string of the molecule is CCC1NC(c2ccccc2)C(=O)N1CCCC1CC1. The van der Waals surface area contributed by atoms with Crippen LogP contribution in [0.5, 0.6) is 0 Å². The van der Waals surface area contributed by atoms with Gasteiger partial charge in [-0.15, -0.1) is 0 Å². The van der Waals surface area contributed by atoms with Gasteiger partial charge in [0.15, 0.2) is 0 Å². The van der Waals surface area contributed by atoms with Crippen molar-refractivity contribution in [3.05, 3.63) is 35.9 Å². The van der Waals surface area contributed by atoms with Gasteiger partial charge < -0.3 is 4.90 Å². The highest BCUT2D eigenvalue weighted by atomic mass is 16.2. The first-order valence-corrected chi connectivity index (χ1v) is 7.91. The lowest BCUT2D eigenvalue weighted by Gasteiger charge is -2.22. The topological polar surface area (TPSA) is 32.3 Å². The molecule has 2 aliphatic rings. The maximum Gasteiger partial charge on any atom is 0.245 e. The Morgan fingerprint density at radius 1 is 1.25 bits per heavy atom. The molecule has 3 rings (SSSR count). The zero-order valence-corrected chi connectivity index (χ0v) is 12.2. The van der Waals surface area contributed by atoms with Crippen molar-refractivity contribution in [1.29, 1.82) is 0 Å². The van der Waals surface area contributed by atoms with Gasteiger partial charge in [0.25, 0.3) is 0 Å². The van der Waals surface area contributed by atoms with Gasteiger partial charge in [-0.1, -0.05) is 50.1 Å². The van der Waals surface area contributed by atoms with Gasteiger partial charge in [0.05, 0.1) is 6.17 Å². The monoisotopic (exact) mass is 272 g/mol. The van der Waals surface area contributed by atoms with Crippen LogP contribution in [0.25, 0.3) is 0 Å². The molecule has 2 fully saturated rings. The van der Waals surface area contributed by atoms with Crippen LogP contribution >= 0.6 is 0 Å². The van der Waals surface area contributed by atoms with Gasteiger partial charge in [-0.2, -0.15) is 0 Å². The Morgan fingerprint density at radius 2 is 2.00 bits per heavy atom. The number of amides is 1. The summed E-state index contributed by atoms with van der Waals surface area (Å²) in [5.74, 6) is 1.20. The highest BCUT2D eigenvalue weighted by Gasteiger charge is 2.38. The maximum absolute atomic E-state index is 12.6. The highest BCUT2D eigenvalue weighted by Crippen LogP contribution is 2.34. The van der Waals surface area contributed by atoms with Gasteiger partial charge >= 0.3 is 0 Å². The number of hydrogen-bond acceptors (Lipinski definition) is 2. The van der Waals surface area contributed by atoms with Crippen LogP contribution in [0.15, 0.2) is 30.3 Å². The highest BCUT2D eigenvalue weighted by molar-refractivity contribution is 5.85. The molecule has 1 aromatic rings. The molecule has 1 aliphatic heterocycles. The van der Waals surface area contributed by atoms with E-state index in [4.69, 9.17) is 0 Å². The molecule has 3 heteroatoms. The van der Waals surface area contributed by atoms with Crippen LogP contribution in [-0.2, 0) is 4.79 Å². The molecule has 20 heavy (non-hydrogen) atoms. The van der Waals surface area contributed by atoms with Crippen LogP contribution in [0.4, 0.5) is 0 Å². The van der Waals surface area contributed by atoms with Crippen LogP contribution in [-0.4, -0.2) is 23.5 Å². The molecule has 0 bridgehead atoms. The second kappa shape index (κ2) is 5.96. The van der Waals surface area contributed by atoms with Gasteiger partial charge in [0.2, 0.25) is 5.91 Å². The number of hydrogen-bond donors (Lipinski definition) is 1. The van der Waals surface area contributed by atoms with Crippen molar-refractivity contribution in [3.8, 4) is 0 Å².